The number of benzene rings is 1. The number of aromatic nitrogens is 1. The topological polar surface area (TPSA) is 56.4 Å². The Morgan fingerprint density at radius 2 is 1.88 bits per heavy atom. The quantitative estimate of drug-likeness (QED) is 0.897. The molecule has 1 N–H and O–H groups in total. The van der Waals surface area contributed by atoms with Gasteiger partial charge in [-0.1, -0.05) is 26.0 Å². The average molecular weight is 355 g/mol. The molecule has 5 heteroatoms. The van der Waals surface area contributed by atoms with E-state index in [2.05, 4.69) is 23.7 Å². The Morgan fingerprint density at radius 1 is 1.15 bits per heavy atom. The Morgan fingerprint density at radius 3 is 2.58 bits per heavy atom. The summed E-state index contributed by atoms with van der Waals surface area (Å²) in [4.78, 5) is 32.1. The third-order valence-electron chi connectivity index (χ3n) is 5.03. The van der Waals surface area contributed by atoms with Crippen molar-refractivity contribution in [2.75, 3.05) is 32.7 Å². The molecule has 1 fully saturated rings. The lowest BCUT2D eigenvalue weighted by atomic mass is 10.1. The van der Waals surface area contributed by atoms with Gasteiger partial charge in [0, 0.05) is 50.2 Å². The zero-order valence-corrected chi connectivity index (χ0v) is 16.0. The Bertz CT molecular complexity index is 833. The molecule has 0 saturated carbocycles. The number of piperazine rings is 1. The third kappa shape index (κ3) is 4.52. The monoisotopic (exact) mass is 355 g/mol. The molecular weight excluding hydrogens is 326 g/mol. The molecule has 1 aliphatic heterocycles. The molecule has 2 heterocycles. The van der Waals surface area contributed by atoms with E-state index in [0.717, 1.165) is 49.2 Å². The second-order valence-electron chi connectivity index (χ2n) is 7.79. The summed E-state index contributed by atoms with van der Waals surface area (Å²) in [5, 5.41) is 1.01. The van der Waals surface area contributed by atoms with Crippen molar-refractivity contribution in [2.24, 2.45) is 5.92 Å². The van der Waals surface area contributed by atoms with Crippen LogP contribution in [0.1, 0.15) is 31.4 Å². The van der Waals surface area contributed by atoms with Crippen molar-refractivity contribution in [3.8, 4) is 0 Å². The maximum absolute atomic E-state index is 12.5. The number of hydrogen-bond donors (Lipinski definition) is 1. The summed E-state index contributed by atoms with van der Waals surface area (Å²) in [5.74, 6) is 0.804. The maximum atomic E-state index is 12.5. The molecule has 3 rings (SSSR count). The molecule has 1 amide bonds. The van der Waals surface area contributed by atoms with Crippen molar-refractivity contribution < 1.29 is 4.79 Å². The molecule has 1 aromatic carbocycles. The molecule has 1 aromatic heterocycles. The molecule has 0 atom stereocenters. The van der Waals surface area contributed by atoms with Crippen LogP contribution in [-0.2, 0) is 11.2 Å². The van der Waals surface area contributed by atoms with Gasteiger partial charge in [0.1, 0.15) is 0 Å². The Balaban J connectivity index is 1.58. The number of hydrogen-bond acceptors (Lipinski definition) is 3. The fourth-order valence-corrected chi connectivity index (χ4v) is 3.64. The fraction of sp³-hybridized carbons (Fsp3) is 0.524. The average Bonchev–Trinajstić information content (AvgIpc) is 2.60. The molecule has 26 heavy (non-hydrogen) atoms. The van der Waals surface area contributed by atoms with Gasteiger partial charge in [-0.25, -0.2) is 0 Å². The molecular formula is C21H29N3O2. The smallest absolute Gasteiger partial charge is 0.251 e. The predicted octanol–water partition coefficient (Wildman–Crippen LogP) is 2.57. The van der Waals surface area contributed by atoms with Crippen LogP contribution in [0.3, 0.4) is 0 Å². The summed E-state index contributed by atoms with van der Waals surface area (Å²) in [5.41, 5.74) is 2.57. The molecule has 1 saturated heterocycles. The number of H-pyrrole nitrogens is 1. The van der Waals surface area contributed by atoms with E-state index in [4.69, 9.17) is 0 Å². The van der Waals surface area contributed by atoms with E-state index in [0.29, 0.717) is 24.3 Å². The SMILES string of the molecule is Cc1ccc2cc(CCC(=O)N3CCN(CC(C)C)CC3)c(=O)[nH]c2c1. The van der Waals surface area contributed by atoms with Crippen molar-refractivity contribution in [2.45, 2.75) is 33.6 Å². The minimum absolute atomic E-state index is 0.0855. The van der Waals surface area contributed by atoms with E-state index in [-0.39, 0.29) is 11.5 Å². The standard InChI is InChI=1S/C21H29N3O2/c1-15(2)14-23-8-10-24(11-9-23)20(25)7-6-18-13-17-5-4-16(3)12-19(17)22-21(18)26/h4-5,12-13,15H,6-11,14H2,1-3H3,(H,22,26). The van der Waals surface area contributed by atoms with Crippen molar-refractivity contribution in [1.29, 1.82) is 0 Å². The van der Waals surface area contributed by atoms with Gasteiger partial charge in [0.15, 0.2) is 0 Å². The summed E-state index contributed by atoms with van der Waals surface area (Å²) < 4.78 is 0. The first-order valence-electron chi connectivity index (χ1n) is 9.55. The van der Waals surface area contributed by atoms with E-state index in [1.807, 2.05) is 36.1 Å². The Labute approximate surface area is 155 Å². The highest BCUT2D eigenvalue weighted by Gasteiger charge is 2.21. The number of pyridine rings is 1. The van der Waals surface area contributed by atoms with Gasteiger partial charge in [0.25, 0.3) is 5.56 Å². The molecule has 0 radical (unpaired) electrons. The largest absolute Gasteiger partial charge is 0.340 e. The van der Waals surface area contributed by atoms with Crippen LogP contribution in [0.15, 0.2) is 29.1 Å². The molecule has 0 spiro atoms. The van der Waals surface area contributed by atoms with Crippen molar-refractivity contribution in [1.82, 2.24) is 14.8 Å². The lowest BCUT2D eigenvalue weighted by molar-refractivity contribution is -0.132. The first-order valence-corrected chi connectivity index (χ1v) is 9.55. The predicted molar refractivity (Wildman–Crippen MR) is 105 cm³/mol. The molecule has 0 aliphatic carbocycles. The zero-order valence-electron chi connectivity index (χ0n) is 16.0. The number of fused-ring (bicyclic) bond motifs is 1. The first-order chi connectivity index (χ1) is 12.4. The van der Waals surface area contributed by atoms with Crippen LogP contribution < -0.4 is 5.56 Å². The number of carbonyl (C=O) groups excluding carboxylic acids is 1. The van der Waals surface area contributed by atoms with E-state index in [1.165, 1.54) is 0 Å². The fourth-order valence-electron chi connectivity index (χ4n) is 3.64. The number of aryl methyl sites for hydroxylation is 2. The highest BCUT2D eigenvalue weighted by Crippen LogP contribution is 2.14. The van der Waals surface area contributed by atoms with E-state index in [1.54, 1.807) is 0 Å². The van der Waals surface area contributed by atoms with Gasteiger partial charge in [-0.15, -0.1) is 0 Å². The van der Waals surface area contributed by atoms with E-state index in [9.17, 15) is 9.59 Å². The molecule has 0 unspecified atom stereocenters. The number of aromatic amines is 1. The molecule has 1 aliphatic rings. The lowest BCUT2D eigenvalue weighted by Gasteiger charge is -2.35. The van der Waals surface area contributed by atoms with Crippen LogP contribution >= 0.6 is 0 Å². The van der Waals surface area contributed by atoms with Gasteiger partial charge in [0.2, 0.25) is 5.91 Å². The summed E-state index contributed by atoms with van der Waals surface area (Å²) in [7, 11) is 0. The minimum Gasteiger partial charge on any atom is -0.340 e. The zero-order chi connectivity index (χ0) is 18.7. The minimum atomic E-state index is -0.0855. The first kappa shape index (κ1) is 18.6. The molecule has 5 nitrogen and oxygen atoms in total. The van der Waals surface area contributed by atoms with Crippen LogP contribution in [0, 0.1) is 12.8 Å². The van der Waals surface area contributed by atoms with Crippen molar-refractivity contribution >= 4 is 16.8 Å². The molecule has 2 aromatic rings. The van der Waals surface area contributed by atoms with Crippen molar-refractivity contribution in [3.63, 3.8) is 0 Å². The van der Waals surface area contributed by atoms with Gasteiger partial charge in [-0.2, -0.15) is 0 Å². The normalized spacial score (nSPS) is 15.8. The summed E-state index contributed by atoms with van der Waals surface area (Å²) in [6, 6.07) is 7.94. The lowest BCUT2D eigenvalue weighted by Crippen LogP contribution is -2.49. The van der Waals surface area contributed by atoms with Crippen LogP contribution in [0.4, 0.5) is 0 Å². The van der Waals surface area contributed by atoms with E-state index >= 15 is 0 Å². The van der Waals surface area contributed by atoms with Crippen LogP contribution in [0.2, 0.25) is 0 Å². The number of rotatable bonds is 5. The van der Waals surface area contributed by atoms with E-state index < -0.39 is 0 Å². The van der Waals surface area contributed by atoms with Gasteiger partial charge in [0.05, 0.1) is 0 Å². The summed E-state index contributed by atoms with van der Waals surface area (Å²) in [6.07, 6.45) is 0.884. The van der Waals surface area contributed by atoms with Gasteiger partial charge >= 0.3 is 0 Å². The highest BCUT2D eigenvalue weighted by molar-refractivity contribution is 5.80. The summed E-state index contributed by atoms with van der Waals surface area (Å²) >= 11 is 0. The Kier molecular flexibility index (Phi) is 5.77. The summed E-state index contributed by atoms with van der Waals surface area (Å²) in [6.45, 7) is 11.0. The van der Waals surface area contributed by atoms with Gasteiger partial charge in [-0.05, 0) is 42.3 Å². The molecule has 0 bridgehead atoms. The number of nitrogens with zero attached hydrogens (tertiary/aromatic N) is 2. The van der Waals surface area contributed by atoms with Crippen molar-refractivity contribution in [3.05, 3.63) is 45.7 Å². The van der Waals surface area contributed by atoms with Crippen LogP contribution in [-0.4, -0.2) is 53.4 Å². The van der Waals surface area contributed by atoms with Gasteiger partial charge < -0.3 is 9.88 Å². The number of amides is 1. The number of nitrogens with one attached hydrogen (secondary N) is 1. The van der Waals surface area contributed by atoms with Crippen LogP contribution in [0.25, 0.3) is 10.9 Å². The maximum Gasteiger partial charge on any atom is 0.251 e. The second-order valence-corrected chi connectivity index (χ2v) is 7.79. The third-order valence-corrected chi connectivity index (χ3v) is 5.03. The number of carbonyl (C=O) groups is 1. The molecule has 140 valence electrons. The second kappa shape index (κ2) is 8.04. The van der Waals surface area contributed by atoms with Gasteiger partial charge in [-0.3, -0.25) is 14.5 Å². The van der Waals surface area contributed by atoms with Crippen LogP contribution in [0.5, 0.6) is 0 Å². The highest BCUT2D eigenvalue weighted by atomic mass is 16.2. The Hall–Kier alpha value is -2.14.